The number of hydrogen-bond acceptors (Lipinski definition) is 2. The van der Waals surface area contributed by atoms with Crippen LogP contribution >= 0.6 is 47.8 Å². The fourth-order valence-corrected chi connectivity index (χ4v) is 6.68. The van der Waals surface area contributed by atoms with Crippen LogP contribution in [0.1, 0.15) is 13.3 Å². The van der Waals surface area contributed by atoms with Crippen molar-refractivity contribution >= 4 is 57.8 Å². The molecule has 1 aliphatic rings. The second-order valence-corrected chi connectivity index (χ2v) is 8.95. The van der Waals surface area contributed by atoms with E-state index < -0.39 is 10.0 Å². The van der Waals surface area contributed by atoms with Crippen LogP contribution in [-0.2, 0) is 10.0 Å². The van der Waals surface area contributed by atoms with Crippen molar-refractivity contribution < 1.29 is 8.42 Å². The Bertz CT molecular complexity index is 576. The predicted octanol–water partition coefficient (Wildman–Crippen LogP) is 4.01. The van der Waals surface area contributed by atoms with E-state index in [1.54, 1.807) is 16.4 Å². The summed E-state index contributed by atoms with van der Waals surface area (Å²) in [5, 5.41) is 0.666. The summed E-state index contributed by atoms with van der Waals surface area (Å²) in [5.41, 5.74) is 0. The minimum Gasteiger partial charge on any atom is -0.207 e. The third-order valence-corrected chi connectivity index (χ3v) is 7.54. The molecule has 7 heteroatoms. The molecule has 106 valence electrons. The number of benzene rings is 1. The smallest absolute Gasteiger partial charge is 0.207 e. The van der Waals surface area contributed by atoms with Crippen molar-refractivity contribution in [1.29, 1.82) is 0 Å². The van der Waals surface area contributed by atoms with E-state index in [4.69, 9.17) is 0 Å². The molecule has 0 spiro atoms. The molecule has 0 amide bonds. The Balaban J connectivity index is 2.45. The molecule has 3 nitrogen and oxygen atoms in total. The van der Waals surface area contributed by atoms with E-state index in [2.05, 4.69) is 54.7 Å². The zero-order valence-electron chi connectivity index (χ0n) is 10.3. The molecule has 19 heavy (non-hydrogen) atoms. The molecule has 1 heterocycles. The SMILES string of the molecule is CC1CCN(S(=O)(=O)c2cc(Br)ccc2Br)C1CBr. The predicted molar refractivity (Wildman–Crippen MR) is 87.1 cm³/mol. The molecule has 0 bridgehead atoms. The fraction of sp³-hybridized carbons (Fsp3) is 0.500. The summed E-state index contributed by atoms with van der Waals surface area (Å²) in [6.07, 6.45) is 0.904. The molecular formula is C12H14Br3NO2S. The highest BCUT2D eigenvalue weighted by Gasteiger charge is 2.39. The van der Waals surface area contributed by atoms with E-state index in [0.29, 0.717) is 27.2 Å². The quantitative estimate of drug-likeness (QED) is 0.619. The van der Waals surface area contributed by atoms with Crippen LogP contribution in [0, 0.1) is 5.92 Å². The maximum absolute atomic E-state index is 12.8. The summed E-state index contributed by atoms with van der Waals surface area (Å²) in [4.78, 5) is 0.321. The first kappa shape index (κ1) is 15.9. The summed E-state index contributed by atoms with van der Waals surface area (Å²) in [6, 6.07) is 5.24. The number of halogens is 3. The van der Waals surface area contributed by atoms with E-state index in [1.165, 1.54) is 0 Å². The molecule has 2 unspecified atom stereocenters. The highest BCUT2D eigenvalue weighted by atomic mass is 79.9. The van der Waals surface area contributed by atoms with Gasteiger partial charge in [-0.1, -0.05) is 38.8 Å². The largest absolute Gasteiger partial charge is 0.244 e. The minimum absolute atomic E-state index is 0.0240. The number of sulfonamides is 1. The molecule has 0 saturated carbocycles. The average molecular weight is 476 g/mol. The monoisotopic (exact) mass is 473 g/mol. The maximum atomic E-state index is 12.8. The molecule has 0 radical (unpaired) electrons. The van der Waals surface area contributed by atoms with Gasteiger partial charge in [-0.25, -0.2) is 8.42 Å². The average Bonchev–Trinajstić information content (AvgIpc) is 2.74. The van der Waals surface area contributed by atoms with Gasteiger partial charge in [0.25, 0.3) is 0 Å². The molecule has 1 saturated heterocycles. The topological polar surface area (TPSA) is 37.4 Å². The molecule has 1 aliphatic heterocycles. The lowest BCUT2D eigenvalue weighted by Gasteiger charge is -2.25. The van der Waals surface area contributed by atoms with Gasteiger partial charge in [0.2, 0.25) is 10.0 Å². The van der Waals surface area contributed by atoms with Crippen molar-refractivity contribution in [2.75, 3.05) is 11.9 Å². The first-order valence-corrected chi connectivity index (χ1v) is 10.1. The van der Waals surface area contributed by atoms with Gasteiger partial charge in [0.15, 0.2) is 0 Å². The molecule has 0 aromatic heterocycles. The Kier molecular flexibility index (Phi) is 5.15. The van der Waals surface area contributed by atoms with Gasteiger partial charge >= 0.3 is 0 Å². The van der Waals surface area contributed by atoms with Crippen molar-refractivity contribution in [2.24, 2.45) is 5.92 Å². The first-order valence-electron chi connectivity index (χ1n) is 5.90. The molecule has 2 rings (SSSR count). The van der Waals surface area contributed by atoms with Crippen molar-refractivity contribution in [2.45, 2.75) is 24.3 Å². The van der Waals surface area contributed by atoms with E-state index in [-0.39, 0.29) is 6.04 Å². The second-order valence-electron chi connectivity index (χ2n) is 4.68. The molecule has 0 N–H and O–H groups in total. The Labute approximate surface area is 139 Å². The van der Waals surface area contributed by atoms with Gasteiger partial charge in [0.1, 0.15) is 0 Å². The van der Waals surface area contributed by atoms with E-state index in [0.717, 1.165) is 10.9 Å². The third kappa shape index (κ3) is 3.10. The number of hydrogen-bond donors (Lipinski definition) is 0. The van der Waals surface area contributed by atoms with Gasteiger partial charge in [-0.2, -0.15) is 4.31 Å². The van der Waals surface area contributed by atoms with Crippen molar-refractivity contribution in [1.82, 2.24) is 4.31 Å². The number of rotatable bonds is 3. The zero-order chi connectivity index (χ0) is 14.2. The maximum Gasteiger partial charge on any atom is 0.244 e. The van der Waals surface area contributed by atoms with Gasteiger partial charge in [0, 0.05) is 26.9 Å². The lowest BCUT2D eigenvalue weighted by molar-refractivity contribution is 0.378. The van der Waals surface area contributed by atoms with E-state index >= 15 is 0 Å². The molecule has 1 aromatic rings. The summed E-state index contributed by atoms with van der Waals surface area (Å²) >= 11 is 10.1. The number of nitrogens with zero attached hydrogens (tertiary/aromatic N) is 1. The van der Waals surface area contributed by atoms with Gasteiger partial charge in [-0.15, -0.1) is 0 Å². The van der Waals surface area contributed by atoms with E-state index in [9.17, 15) is 8.42 Å². The van der Waals surface area contributed by atoms with Crippen LogP contribution in [0.3, 0.4) is 0 Å². The standard InChI is InChI=1S/C12H14Br3NO2S/c1-8-4-5-16(11(8)7-13)19(17,18)12-6-9(14)2-3-10(12)15/h2-3,6,8,11H,4-5,7H2,1H3. The minimum atomic E-state index is -3.46. The fourth-order valence-electron chi connectivity index (χ4n) is 2.30. The first-order chi connectivity index (χ1) is 8.87. The third-order valence-electron chi connectivity index (χ3n) is 3.47. The van der Waals surface area contributed by atoms with Crippen molar-refractivity contribution in [3.05, 3.63) is 27.1 Å². The van der Waals surface area contributed by atoms with Gasteiger partial charge in [-0.3, -0.25) is 0 Å². The second kappa shape index (κ2) is 6.13. The zero-order valence-corrected chi connectivity index (χ0v) is 15.9. The lowest BCUT2D eigenvalue weighted by atomic mass is 10.1. The van der Waals surface area contributed by atoms with Crippen LogP contribution in [0.25, 0.3) is 0 Å². The molecule has 0 aliphatic carbocycles. The summed E-state index contributed by atoms with van der Waals surface area (Å²) in [5.74, 6) is 0.375. The lowest BCUT2D eigenvalue weighted by Crippen LogP contribution is -2.38. The highest BCUT2D eigenvalue weighted by Crippen LogP contribution is 2.34. The molecule has 1 fully saturated rings. The van der Waals surface area contributed by atoms with Crippen LogP contribution in [-0.4, -0.2) is 30.6 Å². The summed E-state index contributed by atoms with van der Waals surface area (Å²) < 4.78 is 28.5. The Morgan fingerprint density at radius 2 is 2.05 bits per heavy atom. The van der Waals surface area contributed by atoms with Crippen LogP contribution < -0.4 is 0 Å². The van der Waals surface area contributed by atoms with Crippen LogP contribution in [0.15, 0.2) is 32.0 Å². The summed E-state index contributed by atoms with van der Waals surface area (Å²) in [7, 11) is -3.46. The van der Waals surface area contributed by atoms with Crippen LogP contribution in [0.4, 0.5) is 0 Å². The molecule has 1 aromatic carbocycles. The van der Waals surface area contributed by atoms with E-state index in [1.807, 2.05) is 6.07 Å². The Morgan fingerprint density at radius 1 is 1.37 bits per heavy atom. The van der Waals surface area contributed by atoms with Crippen molar-refractivity contribution in [3.8, 4) is 0 Å². The van der Waals surface area contributed by atoms with Gasteiger partial charge in [0.05, 0.1) is 4.90 Å². The Hall–Kier alpha value is 0.570. The Morgan fingerprint density at radius 3 is 2.68 bits per heavy atom. The van der Waals surface area contributed by atoms with Crippen molar-refractivity contribution in [3.63, 3.8) is 0 Å². The molecule has 2 atom stereocenters. The highest BCUT2D eigenvalue weighted by molar-refractivity contribution is 9.11. The van der Waals surface area contributed by atoms with Gasteiger partial charge < -0.3 is 0 Å². The van der Waals surface area contributed by atoms with Crippen LogP contribution in [0.2, 0.25) is 0 Å². The molecular weight excluding hydrogens is 462 g/mol. The van der Waals surface area contributed by atoms with Crippen LogP contribution in [0.5, 0.6) is 0 Å². The van der Waals surface area contributed by atoms with Gasteiger partial charge in [-0.05, 0) is 46.5 Å². The normalized spacial score (nSPS) is 24.8. The summed E-state index contributed by atoms with van der Waals surface area (Å²) in [6.45, 7) is 2.68. The number of alkyl halides is 1.